The van der Waals surface area contributed by atoms with Crippen molar-refractivity contribution in [1.82, 2.24) is 4.57 Å². The molecule has 0 radical (unpaired) electrons. The summed E-state index contributed by atoms with van der Waals surface area (Å²) in [6, 6.07) is 53.6. The molecule has 8 aromatic carbocycles. The summed E-state index contributed by atoms with van der Waals surface area (Å²) < 4.78 is 2.39. The van der Waals surface area contributed by atoms with Crippen LogP contribution in [-0.2, 0) is 0 Å². The van der Waals surface area contributed by atoms with E-state index in [2.05, 4.69) is 157 Å². The van der Waals surface area contributed by atoms with Crippen LogP contribution < -0.4 is 0 Å². The van der Waals surface area contributed by atoms with Gasteiger partial charge in [-0.3, -0.25) is 0 Å². The van der Waals surface area contributed by atoms with Crippen LogP contribution in [0.4, 0.5) is 0 Å². The Labute approximate surface area is 243 Å². The van der Waals surface area contributed by atoms with E-state index in [0.717, 1.165) is 0 Å². The maximum absolute atomic E-state index is 2.39. The normalized spacial score (nSPS) is 11.9. The highest BCUT2D eigenvalue weighted by Crippen LogP contribution is 2.44. The Morgan fingerprint density at radius 3 is 1.67 bits per heavy atom. The molecule has 196 valence electrons. The third-order valence-electron chi connectivity index (χ3n) is 9.00. The molecule has 9 aromatic rings. The van der Waals surface area contributed by atoms with Gasteiger partial charge in [0.05, 0.1) is 11.0 Å². The SMILES string of the molecule is Cc1ccc2c(c1)c1ccccc1c1cc3ccccc3c(-c3ccc(-n4c5ccccc5c5ccccc54)cc3)c21. The molecule has 0 saturated heterocycles. The molecule has 1 nitrogen and oxygen atoms in total. The molecule has 0 N–H and O–H groups in total. The molecule has 0 atom stereocenters. The van der Waals surface area contributed by atoms with Crippen LogP contribution in [0.5, 0.6) is 0 Å². The smallest absolute Gasteiger partial charge is 0.0541 e. The van der Waals surface area contributed by atoms with Gasteiger partial charge in [0.25, 0.3) is 0 Å². The quantitative estimate of drug-likeness (QED) is 0.154. The van der Waals surface area contributed by atoms with Crippen LogP contribution >= 0.6 is 0 Å². The first-order valence-electron chi connectivity index (χ1n) is 14.6. The second kappa shape index (κ2) is 8.80. The van der Waals surface area contributed by atoms with Gasteiger partial charge in [-0.15, -0.1) is 0 Å². The van der Waals surface area contributed by atoms with E-state index >= 15 is 0 Å². The Morgan fingerprint density at radius 1 is 0.405 bits per heavy atom. The molecule has 1 aromatic heterocycles. The molecule has 1 heteroatoms. The predicted octanol–water partition coefficient (Wildman–Crippen LogP) is 11.4. The zero-order valence-corrected chi connectivity index (χ0v) is 23.3. The monoisotopic (exact) mass is 533 g/mol. The summed E-state index contributed by atoms with van der Waals surface area (Å²) in [6.45, 7) is 2.19. The number of aryl methyl sites for hydroxylation is 1. The largest absolute Gasteiger partial charge is 0.309 e. The standard InChI is InChI=1S/C41H27N/c1-26-18-23-35-36(24-26)31-12-4-5-13-32(31)37-25-28-10-2-3-11-30(28)40(41(35)37)27-19-21-29(22-20-27)42-38-16-8-6-14-33(38)34-15-7-9-17-39(34)42/h2-25H,1H3. The third-order valence-corrected chi connectivity index (χ3v) is 9.00. The minimum Gasteiger partial charge on any atom is -0.309 e. The van der Waals surface area contributed by atoms with Gasteiger partial charge in [-0.05, 0) is 91.5 Å². The fraction of sp³-hybridized carbons (Fsp3) is 0.0244. The highest BCUT2D eigenvalue weighted by Gasteiger charge is 2.17. The minimum atomic E-state index is 1.17. The summed E-state index contributed by atoms with van der Waals surface area (Å²) in [5.74, 6) is 0. The van der Waals surface area contributed by atoms with Crippen molar-refractivity contribution in [2.45, 2.75) is 6.92 Å². The van der Waals surface area contributed by atoms with Gasteiger partial charge in [-0.1, -0.05) is 121 Å². The highest BCUT2D eigenvalue weighted by atomic mass is 15.0. The zero-order chi connectivity index (χ0) is 27.8. The molecule has 0 aliphatic carbocycles. The topological polar surface area (TPSA) is 4.93 Å². The first-order valence-corrected chi connectivity index (χ1v) is 14.6. The van der Waals surface area contributed by atoms with Gasteiger partial charge in [-0.25, -0.2) is 0 Å². The first kappa shape index (κ1) is 23.3. The van der Waals surface area contributed by atoms with Crippen molar-refractivity contribution in [3.05, 3.63) is 151 Å². The van der Waals surface area contributed by atoms with Crippen molar-refractivity contribution in [2.24, 2.45) is 0 Å². The van der Waals surface area contributed by atoms with E-state index < -0.39 is 0 Å². The molecular weight excluding hydrogens is 506 g/mol. The van der Waals surface area contributed by atoms with Gasteiger partial charge in [-0.2, -0.15) is 0 Å². The van der Waals surface area contributed by atoms with Crippen LogP contribution in [0, 0.1) is 6.92 Å². The van der Waals surface area contributed by atoms with Crippen molar-refractivity contribution in [1.29, 1.82) is 0 Å². The number of para-hydroxylation sites is 2. The summed E-state index contributed by atoms with van der Waals surface area (Å²) in [5, 5.41) is 13.0. The number of aromatic nitrogens is 1. The van der Waals surface area contributed by atoms with Gasteiger partial charge in [0, 0.05) is 16.5 Å². The number of rotatable bonds is 2. The highest BCUT2D eigenvalue weighted by molar-refractivity contribution is 6.32. The van der Waals surface area contributed by atoms with Gasteiger partial charge in [0.2, 0.25) is 0 Å². The second-order valence-corrected chi connectivity index (χ2v) is 11.4. The molecule has 0 amide bonds. The van der Waals surface area contributed by atoms with Crippen LogP contribution in [0.15, 0.2) is 146 Å². The van der Waals surface area contributed by atoms with Crippen LogP contribution in [0.3, 0.4) is 0 Å². The van der Waals surface area contributed by atoms with E-state index in [9.17, 15) is 0 Å². The molecule has 0 spiro atoms. The summed E-state index contributed by atoms with van der Waals surface area (Å²) in [7, 11) is 0. The van der Waals surface area contributed by atoms with E-state index in [1.54, 1.807) is 0 Å². The summed E-state index contributed by atoms with van der Waals surface area (Å²) >= 11 is 0. The Morgan fingerprint density at radius 2 is 0.976 bits per heavy atom. The lowest BCUT2D eigenvalue weighted by molar-refractivity contribution is 1.18. The minimum absolute atomic E-state index is 1.17. The molecule has 0 saturated carbocycles. The summed E-state index contributed by atoms with van der Waals surface area (Å²) in [4.78, 5) is 0. The Balaban J connectivity index is 1.38. The van der Waals surface area contributed by atoms with Crippen LogP contribution in [0.1, 0.15) is 5.56 Å². The maximum Gasteiger partial charge on any atom is 0.0541 e. The van der Waals surface area contributed by atoms with E-state index in [1.807, 2.05) is 0 Å². The van der Waals surface area contributed by atoms with E-state index in [-0.39, 0.29) is 0 Å². The lowest BCUT2D eigenvalue weighted by Gasteiger charge is -2.18. The number of hydrogen-bond acceptors (Lipinski definition) is 0. The number of fused-ring (bicyclic) bond motifs is 10. The fourth-order valence-corrected chi connectivity index (χ4v) is 7.17. The maximum atomic E-state index is 2.39. The van der Waals surface area contributed by atoms with E-state index in [0.29, 0.717) is 0 Å². The molecule has 9 rings (SSSR count). The Kier molecular flexibility index (Phi) is 4.88. The average Bonchev–Trinajstić information content (AvgIpc) is 3.38. The lowest BCUT2D eigenvalue weighted by atomic mass is 9.86. The van der Waals surface area contributed by atoms with Crippen molar-refractivity contribution >= 4 is 64.9 Å². The molecule has 0 unspecified atom stereocenters. The number of hydrogen-bond donors (Lipinski definition) is 0. The summed E-state index contributed by atoms with van der Waals surface area (Å²) in [5.41, 5.74) is 7.45. The summed E-state index contributed by atoms with van der Waals surface area (Å²) in [6.07, 6.45) is 0. The lowest BCUT2D eigenvalue weighted by Crippen LogP contribution is -1.94. The molecular formula is C41H27N. The fourth-order valence-electron chi connectivity index (χ4n) is 7.17. The molecule has 42 heavy (non-hydrogen) atoms. The van der Waals surface area contributed by atoms with Gasteiger partial charge >= 0.3 is 0 Å². The van der Waals surface area contributed by atoms with Crippen LogP contribution in [0.25, 0.3) is 81.7 Å². The Hall–Kier alpha value is -5.40. The van der Waals surface area contributed by atoms with Crippen LogP contribution in [0.2, 0.25) is 0 Å². The molecule has 0 aliphatic heterocycles. The van der Waals surface area contributed by atoms with Crippen molar-refractivity contribution in [2.75, 3.05) is 0 Å². The second-order valence-electron chi connectivity index (χ2n) is 11.4. The van der Waals surface area contributed by atoms with E-state index in [4.69, 9.17) is 0 Å². The first-order chi connectivity index (χ1) is 20.8. The van der Waals surface area contributed by atoms with Crippen molar-refractivity contribution in [3.63, 3.8) is 0 Å². The molecule has 1 heterocycles. The third kappa shape index (κ3) is 3.25. The van der Waals surface area contributed by atoms with Gasteiger partial charge < -0.3 is 4.57 Å². The molecule has 0 aliphatic rings. The number of benzene rings is 8. The van der Waals surface area contributed by atoms with Gasteiger partial charge in [0.1, 0.15) is 0 Å². The van der Waals surface area contributed by atoms with Crippen LogP contribution in [-0.4, -0.2) is 4.57 Å². The average molecular weight is 534 g/mol. The Bertz CT molecular complexity index is 2460. The predicted molar refractivity (Wildman–Crippen MR) is 181 cm³/mol. The zero-order valence-electron chi connectivity index (χ0n) is 23.3. The van der Waals surface area contributed by atoms with Crippen molar-refractivity contribution < 1.29 is 0 Å². The van der Waals surface area contributed by atoms with Gasteiger partial charge in [0.15, 0.2) is 0 Å². The molecule has 0 fully saturated rings. The number of nitrogens with zero attached hydrogens (tertiary/aromatic N) is 1. The van der Waals surface area contributed by atoms with Crippen molar-refractivity contribution in [3.8, 4) is 16.8 Å². The van der Waals surface area contributed by atoms with E-state index in [1.165, 1.54) is 87.3 Å². The molecule has 0 bridgehead atoms.